The molecule has 0 atom stereocenters. The highest BCUT2D eigenvalue weighted by atomic mass is 79.9. The lowest BCUT2D eigenvalue weighted by Crippen LogP contribution is -2.00. The van der Waals surface area contributed by atoms with Gasteiger partial charge in [-0.1, -0.05) is 31.9 Å². The lowest BCUT2D eigenvalue weighted by atomic mass is 10.1. The maximum absolute atomic E-state index is 14.0. The van der Waals surface area contributed by atoms with Crippen LogP contribution in [-0.4, -0.2) is 4.98 Å². The fourth-order valence-corrected chi connectivity index (χ4v) is 2.74. The van der Waals surface area contributed by atoms with Crippen molar-refractivity contribution in [1.29, 1.82) is 0 Å². The first-order valence-electron chi connectivity index (χ1n) is 6.10. The predicted octanol–water partition coefficient (Wildman–Crippen LogP) is 5.22. The first-order valence-corrected chi connectivity index (χ1v) is 7.69. The summed E-state index contributed by atoms with van der Waals surface area (Å²) in [5, 5.41) is 3.88. The summed E-state index contributed by atoms with van der Waals surface area (Å²) >= 11 is 6.66. The van der Waals surface area contributed by atoms with E-state index in [-0.39, 0.29) is 5.82 Å². The van der Waals surface area contributed by atoms with Gasteiger partial charge in [0.2, 0.25) is 0 Å². The van der Waals surface area contributed by atoms with E-state index in [9.17, 15) is 4.39 Å². The smallest absolute Gasteiger partial charge is 0.147 e. The summed E-state index contributed by atoms with van der Waals surface area (Å²) in [6.07, 6.45) is 1.56. The number of nitrogens with two attached hydrogens (primary N) is 1. The van der Waals surface area contributed by atoms with Crippen LogP contribution in [0.3, 0.4) is 0 Å². The number of halogens is 3. The number of rotatable bonds is 2. The standard InChI is InChI=1S/C15H10Br2FN3/c16-8-1-3-13-10(5-8)15(12(19)7-20-13)21-14-4-2-9(17)6-11(14)18/h1-7H,19H2,(H,20,21). The third-order valence-electron chi connectivity index (χ3n) is 3.05. The number of hydrogen-bond acceptors (Lipinski definition) is 3. The molecule has 2 aromatic carbocycles. The van der Waals surface area contributed by atoms with Gasteiger partial charge in [-0.3, -0.25) is 4.98 Å². The zero-order valence-corrected chi connectivity index (χ0v) is 13.9. The Morgan fingerprint density at radius 1 is 1.05 bits per heavy atom. The Hall–Kier alpha value is -1.66. The van der Waals surface area contributed by atoms with Gasteiger partial charge in [0.05, 0.1) is 28.8 Å². The molecule has 1 heterocycles. The Morgan fingerprint density at radius 3 is 2.52 bits per heavy atom. The van der Waals surface area contributed by atoms with Gasteiger partial charge in [-0.05, 0) is 36.4 Å². The van der Waals surface area contributed by atoms with Gasteiger partial charge in [-0.15, -0.1) is 0 Å². The van der Waals surface area contributed by atoms with Gasteiger partial charge in [0.1, 0.15) is 5.82 Å². The van der Waals surface area contributed by atoms with Crippen molar-refractivity contribution in [1.82, 2.24) is 4.98 Å². The SMILES string of the molecule is Nc1cnc2ccc(Br)cc2c1Nc1ccc(Br)cc1F. The van der Waals surface area contributed by atoms with Crippen molar-refractivity contribution in [3.8, 4) is 0 Å². The van der Waals surface area contributed by atoms with E-state index in [0.29, 0.717) is 21.5 Å². The first-order chi connectivity index (χ1) is 10.0. The average molecular weight is 411 g/mol. The number of fused-ring (bicyclic) bond motifs is 1. The highest BCUT2D eigenvalue weighted by Crippen LogP contribution is 2.33. The van der Waals surface area contributed by atoms with Gasteiger partial charge < -0.3 is 11.1 Å². The van der Waals surface area contributed by atoms with Crippen molar-refractivity contribution < 1.29 is 4.39 Å². The van der Waals surface area contributed by atoms with Crippen molar-refractivity contribution in [3.63, 3.8) is 0 Å². The first kappa shape index (κ1) is 14.3. The van der Waals surface area contributed by atoms with E-state index < -0.39 is 0 Å². The second-order valence-corrected chi connectivity index (χ2v) is 6.33. The summed E-state index contributed by atoms with van der Waals surface area (Å²) in [5.41, 5.74) is 8.24. The predicted molar refractivity (Wildman–Crippen MR) is 91.2 cm³/mol. The molecule has 3 N–H and O–H groups in total. The van der Waals surface area contributed by atoms with Crippen LogP contribution in [0.4, 0.5) is 21.5 Å². The lowest BCUT2D eigenvalue weighted by molar-refractivity contribution is 0.631. The van der Waals surface area contributed by atoms with Crippen LogP contribution < -0.4 is 11.1 Å². The maximum atomic E-state index is 14.0. The molecule has 0 amide bonds. The van der Waals surface area contributed by atoms with E-state index in [2.05, 4.69) is 42.2 Å². The molecule has 21 heavy (non-hydrogen) atoms. The van der Waals surface area contributed by atoms with Crippen LogP contribution >= 0.6 is 31.9 Å². The average Bonchev–Trinajstić information content (AvgIpc) is 2.44. The number of benzene rings is 2. The highest BCUT2D eigenvalue weighted by molar-refractivity contribution is 9.10. The highest BCUT2D eigenvalue weighted by Gasteiger charge is 2.10. The molecular formula is C15H10Br2FN3. The molecule has 0 spiro atoms. The second-order valence-electron chi connectivity index (χ2n) is 4.50. The normalized spacial score (nSPS) is 10.8. The number of aromatic nitrogens is 1. The molecule has 0 aliphatic carbocycles. The van der Waals surface area contributed by atoms with E-state index >= 15 is 0 Å². The van der Waals surface area contributed by atoms with Crippen LogP contribution in [0.15, 0.2) is 51.5 Å². The Morgan fingerprint density at radius 2 is 1.76 bits per heavy atom. The molecule has 3 rings (SSSR count). The van der Waals surface area contributed by atoms with Gasteiger partial charge in [-0.25, -0.2) is 4.39 Å². The van der Waals surface area contributed by atoms with E-state index in [4.69, 9.17) is 5.73 Å². The van der Waals surface area contributed by atoms with Gasteiger partial charge in [-0.2, -0.15) is 0 Å². The van der Waals surface area contributed by atoms with Crippen molar-refractivity contribution in [2.45, 2.75) is 0 Å². The van der Waals surface area contributed by atoms with Gasteiger partial charge >= 0.3 is 0 Å². The van der Waals surface area contributed by atoms with Crippen molar-refractivity contribution in [2.75, 3.05) is 11.1 Å². The topological polar surface area (TPSA) is 50.9 Å². The minimum Gasteiger partial charge on any atom is -0.396 e. The Balaban J connectivity index is 2.15. The molecule has 0 bridgehead atoms. The summed E-state index contributed by atoms with van der Waals surface area (Å²) in [7, 11) is 0. The molecule has 106 valence electrons. The fraction of sp³-hybridized carbons (Fsp3) is 0. The van der Waals surface area contributed by atoms with Gasteiger partial charge in [0.15, 0.2) is 0 Å². The number of pyridine rings is 1. The third kappa shape index (κ3) is 2.87. The largest absolute Gasteiger partial charge is 0.396 e. The Bertz CT molecular complexity index is 831. The van der Waals surface area contributed by atoms with Gasteiger partial charge in [0, 0.05) is 14.3 Å². The van der Waals surface area contributed by atoms with Crippen LogP contribution in [0.25, 0.3) is 10.9 Å². The maximum Gasteiger partial charge on any atom is 0.147 e. The monoisotopic (exact) mass is 409 g/mol. The van der Waals surface area contributed by atoms with Crippen molar-refractivity contribution in [3.05, 3.63) is 57.4 Å². The molecule has 0 radical (unpaired) electrons. The summed E-state index contributed by atoms with van der Waals surface area (Å²) < 4.78 is 15.6. The van der Waals surface area contributed by atoms with E-state index in [0.717, 1.165) is 15.4 Å². The van der Waals surface area contributed by atoms with E-state index in [1.165, 1.54) is 6.07 Å². The summed E-state index contributed by atoms with van der Waals surface area (Å²) in [6, 6.07) is 10.5. The molecule has 0 aliphatic heterocycles. The van der Waals surface area contributed by atoms with Crippen LogP contribution in [0, 0.1) is 5.82 Å². The molecule has 0 aliphatic rings. The van der Waals surface area contributed by atoms with Crippen LogP contribution in [-0.2, 0) is 0 Å². The van der Waals surface area contributed by atoms with E-state index in [1.54, 1.807) is 18.3 Å². The molecular weight excluding hydrogens is 401 g/mol. The number of anilines is 3. The summed E-state index contributed by atoms with van der Waals surface area (Å²) in [5.74, 6) is -0.358. The molecule has 1 aromatic heterocycles. The zero-order chi connectivity index (χ0) is 15.0. The van der Waals surface area contributed by atoms with E-state index in [1.807, 2.05) is 18.2 Å². The quantitative estimate of drug-likeness (QED) is 0.608. The lowest BCUT2D eigenvalue weighted by Gasteiger charge is -2.13. The fourth-order valence-electron chi connectivity index (χ4n) is 2.05. The summed E-state index contributed by atoms with van der Waals surface area (Å²) in [6.45, 7) is 0. The Labute approximate surface area is 137 Å². The van der Waals surface area contributed by atoms with Gasteiger partial charge in [0.25, 0.3) is 0 Å². The molecule has 6 heteroatoms. The number of nitrogens with one attached hydrogen (secondary N) is 1. The van der Waals surface area contributed by atoms with Crippen molar-refractivity contribution >= 4 is 59.8 Å². The van der Waals surface area contributed by atoms with Crippen LogP contribution in [0.1, 0.15) is 0 Å². The third-order valence-corrected chi connectivity index (χ3v) is 4.04. The molecule has 3 nitrogen and oxygen atoms in total. The van der Waals surface area contributed by atoms with Crippen LogP contribution in [0.5, 0.6) is 0 Å². The molecule has 3 aromatic rings. The molecule has 0 fully saturated rings. The van der Waals surface area contributed by atoms with Crippen molar-refractivity contribution in [2.24, 2.45) is 0 Å². The second kappa shape index (κ2) is 5.61. The number of nitrogens with zero attached hydrogens (tertiary/aromatic N) is 1. The molecule has 0 saturated carbocycles. The summed E-state index contributed by atoms with van der Waals surface area (Å²) in [4.78, 5) is 4.27. The number of hydrogen-bond donors (Lipinski definition) is 2. The number of nitrogen functional groups attached to an aromatic ring is 1. The minimum absolute atomic E-state index is 0.358. The minimum atomic E-state index is -0.358. The zero-order valence-electron chi connectivity index (χ0n) is 10.7. The molecule has 0 saturated heterocycles. The molecule has 0 unspecified atom stereocenters. The Kier molecular flexibility index (Phi) is 3.82. The van der Waals surface area contributed by atoms with Crippen LogP contribution in [0.2, 0.25) is 0 Å².